The highest BCUT2D eigenvalue weighted by molar-refractivity contribution is 7.14. The summed E-state index contributed by atoms with van der Waals surface area (Å²) >= 11 is 13.2. The lowest BCUT2D eigenvalue weighted by Crippen LogP contribution is -2.47. The molecule has 0 spiro atoms. The van der Waals surface area contributed by atoms with Crippen LogP contribution in [-0.4, -0.2) is 36.7 Å². The van der Waals surface area contributed by atoms with Gasteiger partial charge in [0.15, 0.2) is 0 Å². The average Bonchev–Trinajstić information content (AvgIpc) is 3.04. The summed E-state index contributed by atoms with van der Waals surface area (Å²) in [6.07, 6.45) is 5.39. The second kappa shape index (κ2) is 11.3. The standard InChI is InChI=1S/C21H22Cl2N4O4S/c22-13-6-7-14(15(23)9-13)20(30)25-10-18(28)24-11-19(29)26-27-21(31)17-8-12-4-2-1-3-5-16(12)32-17/h6-9H,1-5,10-11H2,(H,24,28)(H,25,30)(H,26,29)(H,27,31). The molecule has 170 valence electrons. The number of nitrogens with one attached hydrogen (secondary N) is 4. The van der Waals surface area contributed by atoms with Crippen LogP contribution in [0.4, 0.5) is 0 Å². The van der Waals surface area contributed by atoms with Gasteiger partial charge in [-0.3, -0.25) is 30.0 Å². The molecule has 1 aliphatic carbocycles. The lowest BCUT2D eigenvalue weighted by Gasteiger charge is -2.09. The van der Waals surface area contributed by atoms with Crippen molar-refractivity contribution in [3.63, 3.8) is 0 Å². The summed E-state index contributed by atoms with van der Waals surface area (Å²) in [5.41, 5.74) is 6.01. The molecule has 8 nitrogen and oxygen atoms in total. The van der Waals surface area contributed by atoms with Gasteiger partial charge < -0.3 is 10.6 Å². The molecule has 0 unspecified atom stereocenters. The number of hydrogen-bond acceptors (Lipinski definition) is 5. The minimum atomic E-state index is -0.600. The number of aryl methyl sites for hydroxylation is 2. The fraction of sp³-hybridized carbons (Fsp3) is 0.333. The van der Waals surface area contributed by atoms with Gasteiger partial charge in [-0.15, -0.1) is 11.3 Å². The van der Waals surface area contributed by atoms with E-state index in [4.69, 9.17) is 23.2 Å². The highest BCUT2D eigenvalue weighted by Gasteiger charge is 2.17. The SMILES string of the molecule is O=C(CNC(=O)c1ccc(Cl)cc1Cl)NCC(=O)NNC(=O)c1cc2c(s1)CCCCC2. The fourth-order valence-electron chi connectivity index (χ4n) is 3.18. The van der Waals surface area contributed by atoms with Crippen molar-refractivity contribution >= 4 is 58.2 Å². The van der Waals surface area contributed by atoms with Crippen LogP contribution in [0.3, 0.4) is 0 Å². The third-order valence-electron chi connectivity index (χ3n) is 4.82. The number of carbonyl (C=O) groups is 4. The molecule has 0 atom stereocenters. The van der Waals surface area contributed by atoms with E-state index < -0.39 is 23.6 Å². The number of amides is 4. The second-order valence-electron chi connectivity index (χ2n) is 7.21. The molecule has 1 aliphatic rings. The van der Waals surface area contributed by atoms with E-state index in [9.17, 15) is 19.2 Å². The van der Waals surface area contributed by atoms with Gasteiger partial charge in [0.05, 0.1) is 28.6 Å². The van der Waals surface area contributed by atoms with E-state index in [-0.39, 0.29) is 23.7 Å². The third kappa shape index (κ3) is 6.69. The Labute approximate surface area is 199 Å². The van der Waals surface area contributed by atoms with Crippen molar-refractivity contribution in [2.75, 3.05) is 13.1 Å². The molecule has 1 heterocycles. The Hall–Kier alpha value is -2.62. The van der Waals surface area contributed by atoms with Gasteiger partial charge in [-0.1, -0.05) is 29.6 Å². The van der Waals surface area contributed by atoms with Crippen molar-refractivity contribution in [1.29, 1.82) is 0 Å². The van der Waals surface area contributed by atoms with Gasteiger partial charge in [0.1, 0.15) is 0 Å². The Bertz CT molecular complexity index is 1020. The summed E-state index contributed by atoms with van der Waals surface area (Å²) in [5, 5.41) is 5.30. The van der Waals surface area contributed by atoms with Gasteiger partial charge in [-0.05, 0) is 55.5 Å². The number of hydrazine groups is 1. The predicted molar refractivity (Wildman–Crippen MR) is 123 cm³/mol. The van der Waals surface area contributed by atoms with Crippen molar-refractivity contribution in [2.45, 2.75) is 32.1 Å². The topological polar surface area (TPSA) is 116 Å². The molecule has 0 aliphatic heterocycles. The molecule has 3 rings (SSSR count). The number of hydrogen-bond donors (Lipinski definition) is 4. The Morgan fingerprint density at radius 3 is 2.38 bits per heavy atom. The lowest BCUT2D eigenvalue weighted by molar-refractivity contribution is -0.125. The monoisotopic (exact) mass is 496 g/mol. The molecule has 2 aromatic rings. The van der Waals surface area contributed by atoms with Crippen LogP contribution in [0.5, 0.6) is 0 Å². The number of halogens is 2. The lowest BCUT2D eigenvalue weighted by atomic mass is 10.1. The maximum absolute atomic E-state index is 12.3. The molecule has 0 fully saturated rings. The number of carbonyl (C=O) groups excluding carboxylic acids is 4. The van der Waals surface area contributed by atoms with Crippen molar-refractivity contribution in [3.8, 4) is 0 Å². The van der Waals surface area contributed by atoms with Gasteiger partial charge >= 0.3 is 0 Å². The van der Waals surface area contributed by atoms with Gasteiger partial charge in [0.25, 0.3) is 17.7 Å². The predicted octanol–water partition coefficient (Wildman–Crippen LogP) is 2.63. The molecule has 1 aromatic carbocycles. The van der Waals surface area contributed by atoms with Crippen molar-refractivity contribution in [3.05, 3.63) is 55.2 Å². The molecule has 0 saturated heterocycles. The summed E-state index contributed by atoms with van der Waals surface area (Å²) in [4.78, 5) is 49.9. The number of benzene rings is 1. The number of fused-ring (bicyclic) bond motifs is 1. The highest BCUT2D eigenvalue weighted by Crippen LogP contribution is 2.28. The summed E-state index contributed by atoms with van der Waals surface area (Å²) in [5.74, 6) is -2.12. The van der Waals surface area contributed by atoms with Gasteiger partial charge in [0, 0.05) is 9.90 Å². The molecular weight excluding hydrogens is 475 g/mol. The van der Waals surface area contributed by atoms with Crippen LogP contribution in [0.2, 0.25) is 10.0 Å². The van der Waals surface area contributed by atoms with Crippen LogP contribution in [0.25, 0.3) is 0 Å². The summed E-state index contributed by atoms with van der Waals surface area (Å²) < 4.78 is 0. The van der Waals surface area contributed by atoms with Crippen LogP contribution in [0.15, 0.2) is 24.3 Å². The van der Waals surface area contributed by atoms with E-state index in [0.29, 0.717) is 9.90 Å². The van der Waals surface area contributed by atoms with Crippen LogP contribution in [0, 0.1) is 0 Å². The quantitative estimate of drug-likeness (QED) is 0.363. The fourth-order valence-corrected chi connectivity index (χ4v) is 4.83. The van der Waals surface area contributed by atoms with Gasteiger partial charge in [-0.2, -0.15) is 0 Å². The minimum absolute atomic E-state index is 0.160. The molecule has 0 radical (unpaired) electrons. The summed E-state index contributed by atoms with van der Waals surface area (Å²) in [7, 11) is 0. The van der Waals surface area contributed by atoms with Crippen molar-refractivity contribution < 1.29 is 19.2 Å². The molecule has 4 N–H and O–H groups in total. The Kier molecular flexibility index (Phi) is 8.49. The van der Waals surface area contributed by atoms with Gasteiger partial charge in [0.2, 0.25) is 5.91 Å². The molecule has 1 aromatic heterocycles. The van der Waals surface area contributed by atoms with E-state index in [1.54, 1.807) is 0 Å². The first-order chi connectivity index (χ1) is 15.3. The number of thiophene rings is 1. The van der Waals surface area contributed by atoms with Crippen molar-refractivity contribution in [1.82, 2.24) is 21.5 Å². The normalized spacial score (nSPS) is 12.8. The average molecular weight is 497 g/mol. The molecule has 32 heavy (non-hydrogen) atoms. The molecule has 4 amide bonds. The van der Waals surface area contributed by atoms with Crippen LogP contribution in [0.1, 0.15) is 49.7 Å². The van der Waals surface area contributed by atoms with E-state index in [2.05, 4.69) is 21.5 Å². The Balaban J connectivity index is 1.37. The van der Waals surface area contributed by atoms with E-state index in [1.165, 1.54) is 46.4 Å². The van der Waals surface area contributed by atoms with Crippen molar-refractivity contribution in [2.24, 2.45) is 0 Å². The first-order valence-electron chi connectivity index (χ1n) is 10.0. The van der Waals surface area contributed by atoms with E-state index in [1.807, 2.05) is 6.07 Å². The molecule has 0 bridgehead atoms. The second-order valence-corrected chi connectivity index (χ2v) is 9.19. The first kappa shape index (κ1) is 24.0. The van der Waals surface area contributed by atoms with Crippen LogP contribution < -0.4 is 21.5 Å². The zero-order valence-electron chi connectivity index (χ0n) is 17.1. The highest BCUT2D eigenvalue weighted by atomic mass is 35.5. The first-order valence-corrected chi connectivity index (χ1v) is 11.6. The maximum atomic E-state index is 12.3. The third-order valence-corrected chi connectivity index (χ3v) is 6.60. The van der Waals surface area contributed by atoms with E-state index in [0.717, 1.165) is 25.7 Å². The summed E-state index contributed by atoms with van der Waals surface area (Å²) in [6.45, 7) is -0.712. The number of rotatable bonds is 6. The minimum Gasteiger partial charge on any atom is -0.345 e. The molecule has 0 saturated carbocycles. The molecule has 11 heteroatoms. The Morgan fingerprint density at radius 2 is 1.59 bits per heavy atom. The maximum Gasteiger partial charge on any atom is 0.279 e. The zero-order valence-corrected chi connectivity index (χ0v) is 19.4. The van der Waals surface area contributed by atoms with Crippen LogP contribution in [-0.2, 0) is 22.4 Å². The van der Waals surface area contributed by atoms with Gasteiger partial charge in [-0.25, -0.2) is 0 Å². The molecular formula is C21H22Cl2N4O4S. The smallest absolute Gasteiger partial charge is 0.279 e. The largest absolute Gasteiger partial charge is 0.345 e. The zero-order chi connectivity index (χ0) is 23.1. The summed E-state index contributed by atoms with van der Waals surface area (Å²) in [6, 6.07) is 6.25. The van der Waals surface area contributed by atoms with Crippen LogP contribution >= 0.6 is 34.5 Å². The Morgan fingerprint density at radius 1 is 0.844 bits per heavy atom. The van der Waals surface area contributed by atoms with E-state index >= 15 is 0 Å².